The number of esters is 2. The third-order valence-electron chi connectivity index (χ3n) is 5.21. The predicted octanol–water partition coefficient (Wildman–Crippen LogP) is 4.89. The van der Waals surface area contributed by atoms with E-state index in [-0.39, 0.29) is 11.9 Å². The number of carbonyl (C=O) groups is 2. The molecule has 2 atom stereocenters. The highest BCUT2D eigenvalue weighted by atomic mass is 16.6. The first-order valence-electron chi connectivity index (χ1n) is 8.90. The minimum atomic E-state index is -0.505. The van der Waals surface area contributed by atoms with Crippen molar-refractivity contribution in [1.29, 1.82) is 0 Å². The largest absolute Gasteiger partial charge is 0.458 e. The second kappa shape index (κ2) is 8.65. The Hall–Kier alpha value is -2.62. The molecular formula is C22H26O4. The molecule has 0 saturated carbocycles. The molecule has 0 aromatic heterocycles. The molecule has 0 heterocycles. The molecule has 0 radical (unpaired) electrons. The summed E-state index contributed by atoms with van der Waals surface area (Å²) >= 11 is 0. The number of carbonyl (C=O) groups excluding carboxylic acids is 2. The van der Waals surface area contributed by atoms with Crippen molar-refractivity contribution in [2.45, 2.75) is 46.3 Å². The van der Waals surface area contributed by atoms with Crippen LogP contribution in [0.5, 0.6) is 0 Å². The SMILES string of the molecule is CCC(C)(C(C)OC(=O)c1ccccc1)C(C)OC(=O)c1ccccc1. The summed E-state index contributed by atoms with van der Waals surface area (Å²) in [6.45, 7) is 7.66. The fourth-order valence-electron chi connectivity index (χ4n) is 2.78. The zero-order chi connectivity index (χ0) is 19.2. The lowest BCUT2D eigenvalue weighted by Gasteiger charge is -2.38. The molecule has 0 aliphatic rings. The molecule has 26 heavy (non-hydrogen) atoms. The molecule has 4 nitrogen and oxygen atoms in total. The van der Waals surface area contributed by atoms with Crippen LogP contribution < -0.4 is 0 Å². The molecular weight excluding hydrogens is 328 g/mol. The average molecular weight is 354 g/mol. The minimum absolute atomic E-state index is 0.376. The summed E-state index contributed by atoms with van der Waals surface area (Å²) in [7, 11) is 0. The Bertz CT molecular complexity index is 665. The van der Waals surface area contributed by atoms with E-state index in [4.69, 9.17) is 9.47 Å². The Morgan fingerprint density at radius 3 is 1.46 bits per heavy atom. The van der Waals surface area contributed by atoms with Crippen molar-refractivity contribution in [3.05, 3.63) is 71.8 Å². The minimum Gasteiger partial charge on any atom is -0.458 e. The second-order valence-corrected chi connectivity index (χ2v) is 6.69. The number of hydrogen-bond acceptors (Lipinski definition) is 4. The molecule has 0 saturated heterocycles. The van der Waals surface area contributed by atoms with Gasteiger partial charge < -0.3 is 9.47 Å². The monoisotopic (exact) mass is 354 g/mol. The Balaban J connectivity index is 2.07. The van der Waals surface area contributed by atoms with Crippen LogP contribution in [0.1, 0.15) is 54.8 Å². The molecule has 2 aromatic carbocycles. The van der Waals surface area contributed by atoms with E-state index in [1.165, 1.54) is 0 Å². The smallest absolute Gasteiger partial charge is 0.338 e. The van der Waals surface area contributed by atoms with Gasteiger partial charge in [0.2, 0.25) is 0 Å². The van der Waals surface area contributed by atoms with Crippen LogP contribution in [0.2, 0.25) is 0 Å². The highest BCUT2D eigenvalue weighted by Crippen LogP contribution is 2.35. The summed E-state index contributed by atoms with van der Waals surface area (Å²) in [5, 5.41) is 0. The van der Waals surface area contributed by atoms with Gasteiger partial charge in [0.15, 0.2) is 0 Å². The summed E-state index contributed by atoms with van der Waals surface area (Å²) in [6, 6.07) is 17.8. The molecule has 138 valence electrons. The lowest BCUT2D eigenvalue weighted by Crippen LogP contribution is -2.44. The van der Waals surface area contributed by atoms with Crippen molar-refractivity contribution in [1.82, 2.24) is 0 Å². The zero-order valence-corrected chi connectivity index (χ0v) is 15.8. The van der Waals surface area contributed by atoms with Crippen LogP contribution in [0.25, 0.3) is 0 Å². The van der Waals surface area contributed by atoms with Gasteiger partial charge in [0.05, 0.1) is 11.1 Å². The van der Waals surface area contributed by atoms with Gasteiger partial charge in [-0.1, -0.05) is 50.2 Å². The highest BCUT2D eigenvalue weighted by molar-refractivity contribution is 5.90. The molecule has 4 heteroatoms. The number of benzene rings is 2. The number of rotatable bonds is 7. The van der Waals surface area contributed by atoms with Gasteiger partial charge in [-0.2, -0.15) is 0 Å². The quantitative estimate of drug-likeness (QED) is 0.664. The van der Waals surface area contributed by atoms with E-state index in [9.17, 15) is 9.59 Å². The zero-order valence-electron chi connectivity index (χ0n) is 15.8. The maximum Gasteiger partial charge on any atom is 0.338 e. The fourth-order valence-corrected chi connectivity index (χ4v) is 2.78. The van der Waals surface area contributed by atoms with E-state index in [1.54, 1.807) is 48.5 Å². The van der Waals surface area contributed by atoms with E-state index in [0.29, 0.717) is 17.5 Å². The van der Waals surface area contributed by atoms with Gasteiger partial charge in [-0.05, 0) is 44.5 Å². The van der Waals surface area contributed by atoms with Crippen LogP contribution >= 0.6 is 0 Å². The normalized spacial score (nSPS) is 15.4. The molecule has 0 aliphatic carbocycles. The van der Waals surface area contributed by atoms with Gasteiger partial charge in [0, 0.05) is 5.41 Å². The van der Waals surface area contributed by atoms with Crippen LogP contribution in [-0.2, 0) is 9.47 Å². The predicted molar refractivity (Wildman–Crippen MR) is 101 cm³/mol. The van der Waals surface area contributed by atoms with Crippen molar-refractivity contribution in [2.75, 3.05) is 0 Å². The number of ether oxygens (including phenoxy) is 2. The third-order valence-corrected chi connectivity index (χ3v) is 5.21. The van der Waals surface area contributed by atoms with Crippen molar-refractivity contribution < 1.29 is 19.1 Å². The first kappa shape index (κ1) is 19.7. The maximum atomic E-state index is 12.4. The Kier molecular flexibility index (Phi) is 6.56. The lowest BCUT2D eigenvalue weighted by atomic mass is 9.77. The summed E-state index contributed by atoms with van der Waals surface area (Å²) in [4.78, 5) is 24.7. The van der Waals surface area contributed by atoms with E-state index in [0.717, 1.165) is 0 Å². The summed E-state index contributed by atoms with van der Waals surface area (Å²) < 4.78 is 11.3. The van der Waals surface area contributed by atoms with Crippen molar-refractivity contribution in [3.63, 3.8) is 0 Å². The molecule has 2 aromatic rings. The molecule has 0 N–H and O–H groups in total. The van der Waals surface area contributed by atoms with Crippen LogP contribution in [0.15, 0.2) is 60.7 Å². The third kappa shape index (κ3) is 4.51. The molecule has 0 amide bonds. The number of hydrogen-bond donors (Lipinski definition) is 0. The van der Waals surface area contributed by atoms with Gasteiger partial charge in [0.1, 0.15) is 12.2 Å². The van der Waals surface area contributed by atoms with E-state index >= 15 is 0 Å². The van der Waals surface area contributed by atoms with Crippen LogP contribution in [0.4, 0.5) is 0 Å². The fraction of sp³-hybridized carbons (Fsp3) is 0.364. The Labute approximate surface area is 155 Å². The Morgan fingerprint density at radius 2 is 1.15 bits per heavy atom. The van der Waals surface area contributed by atoms with E-state index < -0.39 is 17.6 Å². The first-order chi connectivity index (χ1) is 12.4. The van der Waals surface area contributed by atoms with Gasteiger partial charge >= 0.3 is 11.9 Å². The molecule has 0 bridgehead atoms. The molecule has 2 rings (SSSR count). The Morgan fingerprint density at radius 1 is 0.808 bits per heavy atom. The summed E-state index contributed by atoms with van der Waals surface area (Å²) in [5.41, 5.74) is 0.507. The standard InChI is InChI=1S/C22H26O4/c1-5-22(4,16(2)25-20(23)18-12-8-6-9-13-18)17(3)26-21(24)19-14-10-7-11-15-19/h6-17H,5H2,1-4H3. The topological polar surface area (TPSA) is 52.6 Å². The van der Waals surface area contributed by atoms with Crippen molar-refractivity contribution in [3.8, 4) is 0 Å². The summed E-state index contributed by atoms with van der Waals surface area (Å²) in [5.74, 6) is -0.751. The van der Waals surface area contributed by atoms with Crippen LogP contribution in [-0.4, -0.2) is 24.1 Å². The molecule has 0 aliphatic heterocycles. The van der Waals surface area contributed by atoms with E-state index in [2.05, 4.69) is 0 Å². The van der Waals surface area contributed by atoms with Crippen LogP contribution in [0, 0.1) is 5.41 Å². The van der Waals surface area contributed by atoms with Gasteiger partial charge in [0.25, 0.3) is 0 Å². The second-order valence-electron chi connectivity index (χ2n) is 6.69. The summed E-state index contributed by atoms with van der Waals surface area (Å²) in [6.07, 6.45) is -0.142. The van der Waals surface area contributed by atoms with Crippen LogP contribution in [0.3, 0.4) is 0 Å². The highest BCUT2D eigenvalue weighted by Gasteiger charge is 2.40. The first-order valence-corrected chi connectivity index (χ1v) is 8.90. The van der Waals surface area contributed by atoms with Crippen molar-refractivity contribution in [2.24, 2.45) is 5.41 Å². The lowest BCUT2D eigenvalue weighted by molar-refractivity contribution is -0.0693. The molecule has 0 fully saturated rings. The van der Waals surface area contributed by atoms with Gasteiger partial charge in [-0.3, -0.25) is 0 Å². The average Bonchev–Trinajstić information content (AvgIpc) is 2.68. The van der Waals surface area contributed by atoms with Gasteiger partial charge in [-0.25, -0.2) is 9.59 Å². The molecule has 0 spiro atoms. The van der Waals surface area contributed by atoms with Gasteiger partial charge in [-0.15, -0.1) is 0 Å². The molecule has 2 unspecified atom stereocenters. The maximum absolute atomic E-state index is 12.4. The van der Waals surface area contributed by atoms with Crippen molar-refractivity contribution >= 4 is 11.9 Å². The van der Waals surface area contributed by atoms with E-state index in [1.807, 2.05) is 39.8 Å².